The second-order valence-corrected chi connectivity index (χ2v) is 9.66. The van der Waals surface area contributed by atoms with Crippen LogP contribution in [-0.4, -0.2) is 103 Å². The van der Waals surface area contributed by atoms with E-state index in [9.17, 15) is 29.9 Å². The van der Waals surface area contributed by atoms with E-state index in [1.165, 1.54) is 12.1 Å². The third kappa shape index (κ3) is 4.70. The summed E-state index contributed by atoms with van der Waals surface area (Å²) in [6, 6.07) is 2.94. The number of carbonyl (C=O) groups excluding carboxylic acids is 1. The maximum Gasteiger partial charge on any atom is 0.455 e. The summed E-state index contributed by atoms with van der Waals surface area (Å²) in [6.07, 6.45) is 0.207. The van der Waals surface area contributed by atoms with E-state index in [4.69, 9.17) is 9.47 Å². The Balaban J connectivity index is 1.35. The summed E-state index contributed by atoms with van der Waals surface area (Å²) in [5.74, 6) is -2.93. The van der Waals surface area contributed by atoms with Gasteiger partial charge >= 0.3 is 13.1 Å². The fraction of sp³-hybridized carbons (Fsp3) is 0.619. The predicted molar refractivity (Wildman–Crippen MR) is 111 cm³/mol. The van der Waals surface area contributed by atoms with Gasteiger partial charge in [0.25, 0.3) is 0 Å². The summed E-state index contributed by atoms with van der Waals surface area (Å²) in [5.41, 5.74) is -0.201. The normalized spacial score (nSPS) is 26.9. The number of nitrogens with zero attached hydrogens (tertiary/aromatic N) is 2. The third-order valence-corrected chi connectivity index (χ3v) is 6.63. The molecule has 0 spiro atoms. The van der Waals surface area contributed by atoms with Gasteiger partial charge in [-0.2, -0.15) is 0 Å². The average molecular weight is 448 g/mol. The largest absolute Gasteiger partial charge is 0.872 e. The minimum atomic E-state index is -1.54. The molecule has 2 saturated heterocycles. The van der Waals surface area contributed by atoms with Crippen molar-refractivity contribution in [3.63, 3.8) is 0 Å². The maximum absolute atomic E-state index is 12.7. The number of carboxylic acid groups (broad SMARTS) is 1. The first-order chi connectivity index (χ1) is 15.1. The number of morpholine rings is 1. The molecule has 10 nitrogen and oxygen atoms in total. The molecule has 2 heterocycles. The van der Waals surface area contributed by atoms with Crippen molar-refractivity contribution in [1.82, 2.24) is 4.90 Å². The SMILES string of the molecule is C[N+]1(C)CCO[C@@H](CC(=O)N2CC(Oc3ccc([C@H]4C[C@H]4B(O)O)c([O-])c3C(=O)O)C2)C1. The van der Waals surface area contributed by atoms with Crippen molar-refractivity contribution >= 4 is 19.0 Å². The first kappa shape index (κ1) is 22.8. The number of quaternary nitrogens is 1. The third-order valence-electron chi connectivity index (χ3n) is 6.63. The van der Waals surface area contributed by atoms with E-state index < -0.39 is 36.3 Å². The fourth-order valence-electron chi connectivity index (χ4n) is 4.58. The van der Waals surface area contributed by atoms with Gasteiger partial charge in [-0.25, -0.2) is 4.79 Å². The van der Waals surface area contributed by atoms with Crippen LogP contribution in [0.5, 0.6) is 11.5 Å². The van der Waals surface area contributed by atoms with Gasteiger partial charge in [0.05, 0.1) is 45.8 Å². The highest BCUT2D eigenvalue weighted by atomic mass is 16.5. The maximum atomic E-state index is 12.7. The first-order valence-corrected chi connectivity index (χ1v) is 10.9. The molecule has 1 aromatic rings. The minimum absolute atomic E-state index is 0.0280. The molecule has 1 aliphatic carbocycles. The number of aromatic carboxylic acids is 1. The van der Waals surface area contributed by atoms with Crippen LogP contribution in [0.25, 0.3) is 0 Å². The lowest BCUT2D eigenvalue weighted by Crippen LogP contribution is -2.58. The van der Waals surface area contributed by atoms with Gasteiger partial charge < -0.3 is 39.1 Å². The zero-order chi connectivity index (χ0) is 23.2. The number of ether oxygens (including phenoxy) is 2. The van der Waals surface area contributed by atoms with Crippen LogP contribution in [-0.2, 0) is 9.53 Å². The Morgan fingerprint density at radius 2 is 2.03 bits per heavy atom. The summed E-state index contributed by atoms with van der Waals surface area (Å²) < 4.78 is 12.3. The second kappa shape index (κ2) is 8.55. The summed E-state index contributed by atoms with van der Waals surface area (Å²) in [4.78, 5) is 25.9. The lowest BCUT2D eigenvalue weighted by atomic mass is 9.81. The lowest BCUT2D eigenvalue weighted by molar-refractivity contribution is -0.901. The van der Waals surface area contributed by atoms with Gasteiger partial charge in [0.15, 0.2) is 0 Å². The Kier molecular flexibility index (Phi) is 6.10. The molecule has 1 saturated carbocycles. The Hall–Kier alpha value is -2.34. The van der Waals surface area contributed by atoms with Gasteiger partial charge in [-0.05, 0) is 18.4 Å². The van der Waals surface area contributed by atoms with Crippen molar-refractivity contribution in [2.45, 2.75) is 36.8 Å². The van der Waals surface area contributed by atoms with E-state index >= 15 is 0 Å². The molecule has 0 radical (unpaired) electrons. The highest BCUT2D eigenvalue weighted by Crippen LogP contribution is 2.56. The highest BCUT2D eigenvalue weighted by Gasteiger charge is 2.47. The van der Waals surface area contributed by atoms with E-state index in [0.717, 1.165) is 17.6 Å². The molecule has 0 unspecified atom stereocenters. The molecule has 3 N–H and O–H groups in total. The van der Waals surface area contributed by atoms with Crippen LogP contribution in [0.15, 0.2) is 12.1 Å². The Bertz CT molecular complexity index is 902. The molecule has 0 bridgehead atoms. The molecule has 3 fully saturated rings. The summed E-state index contributed by atoms with van der Waals surface area (Å²) in [7, 11) is 2.68. The van der Waals surface area contributed by atoms with E-state index in [2.05, 4.69) is 14.1 Å². The van der Waals surface area contributed by atoms with Gasteiger partial charge in [0.2, 0.25) is 5.91 Å². The van der Waals surface area contributed by atoms with Crippen molar-refractivity contribution < 1.29 is 43.8 Å². The summed E-state index contributed by atoms with van der Waals surface area (Å²) in [5, 5.41) is 40.8. The van der Waals surface area contributed by atoms with Crippen LogP contribution in [0, 0.1) is 0 Å². The molecule has 0 aromatic heterocycles. The van der Waals surface area contributed by atoms with E-state index in [-0.39, 0.29) is 29.2 Å². The fourth-order valence-corrected chi connectivity index (χ4v) is 4.58. The minimum Gasteiger partial charge on any atom is -0.872 e. The van der Waals surface area contributed by atoms with Gasteiger partial charge in [-0.3, -0.25) is 4.79 Å². The van der Waals surface area contributed by atoms with Gasteiger partial charge in [-0.15, -0.1) is 0 Å². The number of likely N-dealkylation sites (N-methyl/N-ethyl adjacent to an activating group) is 1. The van der Waals surface area contributed by atoms with Crippen molar-refractivity contribution in [1.29, 1.82) is 0 Å². The van der Waals surface area contributed by atoms with Crippen LogP contribution in [0.1, 0.15) is 34.7 Å². The van der Waals surface area contributed by atoms with Crippen LogP contribution < -0.4 is 9.84 Å². The van der Waals surface area contributed by atoms with Crippen LogP contribution in [0.3, 0.4) is 0 Å². The molecule has 3 atom stereocenters. The average Bonchev–Trinajstić information content (AvgIpc) is 3.43. The van der Waals surface area contributed by atoms with Crippen LogP contribution >= 0.6 is 0 Å². The Labute approximate surface area is 186 Å². The number of rotatable bonds is 7. The van der Waals surface area contributed by atoms with E-state index in [1.807, 2.05) is 0 Å². The topological polar surface area (TPSA) is 140 Å². The zero-order valence-corrected chi connectivity index (χ0v) is 18.3. The Morgan fingerprint density at radius 3 is 2.62 bits per heavy atom. The van der Waals surface area contributed by atoms with E-state index in [1.54, 1.807) is 4.90 Å². The molecular formula is C21H29BN2O8. The molecule has 32 heavy (non-hydrogen) atoms. The zero-order valence-electron chi connectivity index (χ0n) is 18.3. The molecular weight excluding hydrogens is 419 g/mol. The smallest absolute Gasteiger partial charge is 0.455 e. The number of benzene rings is 1. The number of hydrogen-bond acceptors (Lipinski definition) is 7. The second-order valence-electron chi connectivity index (χ2n) is 9.66. The summed E-state index contributed by atoms with van der Waals surface area (Å²) >= 11 is 0. The molecule has 11 heteroatoms. The quantitative estimate of drug-likeness (QED) is 0.366. The van der Waals surface area contributed by atoms with Gasteiger partial charge in [-0.1, -0.05) is 17.4 Å². The van der Waals surface area contributed by atoms with Crippen LogP contribution in [0.2, 0.25) is 5.82 Å². The van der Waals surface area contributed by atoms with Gasteiger partial charge in [0.1, 0.15) is 31.0 Å². The van der Waals surface area contributed by atoms with Crippen molar-refractivity contribution in [3.8, 4) is 11.5 Å². The molecule has 3 aliphatic rings. The number of hydrogen-bond donors (Lipinski definition) is 3. The lowest BCUT2D eigenvalue weighted by Gasteiger charge is -2.41. The number of likely N-dealkylation sites (tertiary alicyclic amines) is 1. The number of amides is 1. The summed E-state index contributed by atoms with van der Waals surface area (Å²) in [6.45, 7) is 2.95. The Morgan fingerprint density at radius 1 is 1.31 bits per heavy atom. The van der Waals surface area contributed by atoms with Crippen molar-refractivity contribution in [3.05, 3.63) is 23.3 Å². The molecule has 2 aliphatic heterocycles. The number of carboxylic acids is 1. The first-order valence-electron chi connectivity index (χ1n) is 10.9. The van der Waals surface area contributed by atoms with E-state index in [0.29, 0.717) is 32.5 Å². The highest BCUT2D eigenvalue weighted by molar-refractivity contribution is 6.44. The standard InChI is InChI=1S/C21H29BN2O8/c1-24(2)5-6-31-12(11-24)7-18(25)23-9-13(10-23)32-17-4-3-14(15-8-16(15)22(29)30)20(26)19(17)21(27)28/h3-4,12-13,15-16,29-30H,5-11H2,1-2H3,(H-,26,27,28)/t12-,15+,16+/m0/s1. The van der Waals surface area contributed by atoms with Crippen LogP contribution in [0.4, 0.5) is 0 Å². The molecule has 174 valence electrons. The molecule has 1 aromatic carbocycles. The number of carbonyl (C=O) groups is 2. The monoisotopic (exact) mass is 448 g/mol. The predicted octanol–water partition coefficient (Wildman–Crippen LogP) is -0.756. The van der Waals surface area contributed by atoms with Gasteiger partial charge in [0, 0.05) is 5.82 Å². The van der Waals surface area contributed by atoms with Crippen molar-refractivity contribution in [2.24, 2.45) is 0 Å². The molecule has 1 amide bonds. The van der Waals surface area contributed by atoms with Crippen molar-refractivity contribution in [2.75, 3.05) is 46.9 Å². The molecule has 4 rings (SSSR count).